The monoisotopic (exact) mass is 222 g/mol. The molecule has 0 aromatic rings. The number of nitrogens with one attached hydrogen (secondary N) is 1. The van der Waals surface area contributed by atoms with Crippen molar-refractivity contribution in [2.24, 2.45) is 11.8 Å². The maximum Gasteiger partial charge on any atom is 0.0249 e. The van der Waals surface area contributed by atoms with Gasteiger partial charge in [0.25, 0.3) is 0 Å². The van der Waals surface area contributed by atoms with Crippen LogP contribution in [0.15, 0.2) is 0 Å². The highest BCUT2D eigenvalue weighted by molar-refractivity contribution is 4.95. The number of hydrogen-bond donors (Lipinski definition) is 1. The Labute approximate surface area is 99.8 Å². The molecule has 0 spiro atoms. The van der Waals surface area contributed by atoms with Gasteiger partial charge >= 0.3 is 0 Å². The van der Waals surface area contributed by atoms with Crippen molar-refractivity contribution in [3.8, 4) is 0 Å². The van der Waals surface area contributed by atoms with Gasteiger partial charge in [0.15, 0.2) is 0 Å². The average Bonchev–Trinajstić information content (AvgIpc) is 2.77. The molecule has 2 aliphatic heterocycles. The summed E-state index contributed by atoms with van der Waals surface area (Å²) in [6, 6.07) is 1.78. The van der Waals surface area contributed by atoms with Gasteiger partial charge in [0, 0.05) is 18.6 Å². The van der Waals surface area contributed by atoms with Gasteiger partial charge in [-0.15, -0.1) is 0 Å². The van der Waals surface area contributed by atoms with E-state index < -0.39 is 0 Å². The minimum Gasteiger partial charge on any atom is -0.315 e. The molecule has 1 N–H and O–H groups in total. The highest BCUT2D eigenvalue weighted by Gasteiger charge is 2.39. The van der Waals surface area contributed by atoms with E-state index in [-0.39, 0.29) is 0 Å². The molecular formula is C14H26N2. The zero-order valence-corrected chi connectivity index (χ0v) is 10.6. The van der Waals surface area contributed by atoms with Crippen LogP contribution in [0.4, 0.5) is 0 Å². The topological polar surface area (TPSA) is 15.3 Å². The van der Waals surface area contributed by atoms with Crippen LogP contribution in [0.25, 0.3) is 0 Å². The van der Waals surface area contributed by atoms with E-state index in [1.807, 2.05) is 0 Å². The van der Waals surface area contributed by atoms with Crippen LogP contribution in [0.5, 0.6) is 0 Å². The summed E-state index contributed by atoms with van der Waals surface area (Å²) in [5.41, 5.74) is 0. The molecule has 3 aliphatic rings. The molecule has 1 saturated carbocycles. The summed E-state index contributed by atoms with van der Waals surface area (Å²) in [6.07, 6.45) is 8.81. The highest BCUT2D eigenvalue weighted by Crippen LogP contribution is 2.39. The molecule has 0 aromatic carbocycles. The molecule has 3 rings (SSSR count). The normalized spacial score (nSPS) is 45.6. The first kappa shape index (κ1) is 11.0. The predicted molar refractivity (Wildman–Crippen MR) is 67.5 cm³/mol. The molecule has 4 unspecified atom stereocenters. The number of hydrogen-bond acceptors (Lipinski definition) is 2. The molecule has 0 bridgehead atoms. The number of piperidine rings is 2. The molecule has 2 heteroatoms. The SMILES string of the molecule is CC1CCNCC1N1CCCC2CCCC21. The van der Waals surface area contributed by atoms with Crippen molar-refractivity contribution in [1.82, 2.24) is 10.2 Å². The van der Waals surface area contributed by atoms with Crippen LogP contribution in [-0.4, -0.2) is 36.6 Å². The Bertz CT molecular complexity index is 241. The van der Waals surface area contributed by atoms with Crippen molar-refractivity contribution >= 4 is 0 Å². The lowest BCUT2D eigenvalue weighted by Gasteiger charge is -2.46. The van der Waals surface area contributed by atoms with Crippen LogP contribution in [0, 0.1) is 11.8 Å². The van der Waals surface area contributed by atoms with Gasteiger partial charge < -0.3 is 5.32 Å². The van der Waals surface area contributed by atoms with Gasteiger partial charge in [-0.2, -0.15) is 0 Å². The fourth-order valence-electron chi connectivity index (χ4n) is 4.32. The van der Waals surface area contributed by atoms with Crippen LogP contribution in [0.3, 0.4) is 0 Å². The second-order valence-electron chi connectivity index (χ2n) is 6.18. The molecule has 1 aliphatic carbocycles. The summed E-state index contributed by atoms with van der Waals surface area (Å²) >= 11 is 0. The third-order valence-corrected chi connectivity index (χ3v) is 5.25. The van der Waals surface area contributed by atoms with E-state index in [2.05, 4.69) is 17.1 Å². The highest BCUT2D eigenvalue weighted by atomic mass is 15.2. The minimum atomic E-state index is 0.833. The van der Waals surface area contributed by atoms with E-state index in [0.29, 0.717) is 0 Å². The number of nitrogens with zero attached hydrogens (tertiary/aromatic N) is 1. The van der Waals surface area contributed by atoms with Gasteiger partial charge in [0.05, 0.1) is 0 Å². The number of likely N-dealkylation sites (tertiary alicyclic amines) is 1. The van der Waals surface area contributed by atoms with Gasteiger partial charge in [0.1, 0.15) is 0 Å². The van der Waals surface area contributed by atoms with Crippen LogP contribution >= 0.6 is 0 Å². The Kier molecular flexibility index (Phi) is 3.21. The molecule has 2 saturated heterocycles. The van der Waals surface area contributed by atoms with Gasteiger partial charge in [0.2, 0.25) is 0 Å². The summed E-state index contributed by atoms with van der Waals surface area (Å²) in [5.74, 6) is 1.95. The van der Waals surface area contributed by atoms with E-state index in [1.165, 1.54) is 58.2 Å². The molecule has 92 valence electrons. The Morgan fingerprint density at radius 3 is 2.75 bits per heavy atom. The second-order valence-corrected chi connectivity index (χ2v) is 6.18. The van der Waals surface area contributed by atoms with Crippen LogP contribution in [0.1, 0.15) is 45.4 Å². The van der Waals surface area contributed by atoms with E-state index in [4.69, 9.17) is 0 Å². The van der Waals surface area contributed by atoms with Crippen molar-refractivity contribution in [1.29, 1.82) is 0 Å². The first-order chi connectivity index (χ1) is 7.86. The van der Waals surface area contributed by atoms with E-state index in [9.17, 15) is 0 Å². The number of fused-ring (bicyclic) bond motifs is 1. The maximum absolute atomic E-state index is 3.60. The maximum atomic E-state index is 3.60. The van der Waals surface area contributed by atoms with Crippen molar-refractivity contribution < 1.29 is 0 Å². The van der Waals surface area contributed by atoms with E-state index in [0.717, 1.165) is 23.9 Å². The Balaban J connectivity index is 1.71. The number of rotatable bonds is 1. The second kappa shape index (κ2) is 4.66. The summed E-state index contributed by atoms with van der Waals surface area (Å²) < 4.78 is 0. The molecule has 0 radical (unpaired) electrons. The van der Waals surface area contributed by atoms with Gasteiger partial charge in [-0.05, 0) is 57.0 Å². The third kappa shape index (κ3) is 1.91. The zero-order valence-electron chi connectivity index (χ0n) is 10.6. The van der Waals surface area contributed by atoms with E-state index in [1.54, 1.807) is 0 Å². The van der Waals surface area contributed by atoms with Gasteiger partial charge in [-0.1, -0.05) is 13.3 Å². The molecule has 4 atom stereocenters. The molecule has 2 nitrogen and oxygen atoms in total. The summed E-state index contributed by atoms with van der Waals surface area (Å²) in [7, 11) is 0. The third-order valence-electron chi connectivity index (χ3n) is 5.25. The predicted octanol–water partition coefficient (Wildman–Crippen LogP) is 2.25. The Morgan fingerprint density at radius 2 is 1.88 bits per heavy atom. The van der Waals surface area contributed by atoms with Crippen molar-refractivity contribution in [3.63, 3.8) is 0 Å². The summed E-state index contributed by atoms with van der Waals surface area (Å²) in [5, 5.41) is 3.60. The quantitative estimate of drug-likeness (QED) is 0.732. The first-order valence-electron chi connectivity index (χ1n) is 7.32. The van der Waals surface area contributed by atoms with Gasteiger partial charge in [-0.25, -0.2) is 0 Å². The zero-order chi connectivity index (χ0) is 11.0. The average molecular weight is 222 g/mol. The van der Waals surface area contributed by atoms with Crippen LogP contribution < -0.4 is 5.32 Å². The Hall–Kier alpha value is -0.0800. The molecular weight excluding hydrogens is 196 g/mol. The van der Waals surface area contributed by atoms with Crippen LogP contribution in [0.2, 0.25) is 0 Å². The molecule has 0 amide bonds. The molecule has 0 aromatic heterocycles. The standard InChI is InChI=1S/C14H26N2/c1-11-7-8-15-10-14(11)16-9-3-5-12-4-2-6-13(12)16/h11-15H,2-10H2,1H3. The van der Waals surface area contributed by atoms with Crippen LogP contribution in [-0.2, 0) is 0 Å². The van der Waals surface area contributed by atoms with E-state index >= 15 is 0 Å². The fourth-order valence-corrected chi connectivity index (χ4v) is 4.32. The lowest BCUT2D eigenvalue weighted by Crippen LogP contribution is -2.56. The Morgan fingerprint density at radius 1 is 1.00 bits per heavy atom. The fraction of sp³-hybridized carbons (Fsp3) is 1.00. The smallest absolute Gasteiger partial charge is 0.0249 e. The molecule has 16 heavy (non-hydrogen) atoms. The molecule has 3 fully saturated rings. The molecule has 2 heterocycles. The summed E-state index contributed by atoms with van der Waals surface area (Å²) in [6.45, 7) is 6.31. The minimum absolute atomic E-state index is 0.833. The van der Waals surface area contributed by atoms with Gasteiger partial charge in [-0.3, -0.25) is 4.90 Å². The van der Waals surface area contributed by atoms with Crippen molar-refractivity contribution in [2.45, 2.75) is 57.5 Å². The van der Waals surface area contributed by atoms with Crippen molar-refractivity contribution in [3.05, 3.63) is 0 Å². The first-order valence-corrected chi connectivity index (χ1v) is 7.32. The summed E-state index contributed by atoms with van der Waals surface area (Å²) in [4.78, 5) is 2.89. The van der Waals surface area contributed by atoms with Crippen molar-refractivity contribution in [2.75, 3.05) is 19.6 Å². The lowest BCUT2D eigenvalue weighted by atomic mass is 9.86. The largest absolute Gasteiger partial charge is 0.315 e. The lowest BCUT2D eigenvalue weighted by molar-refractivity contribution is 0.0319.